The second-order valence-electron chi connectivity index (χ2n) is 5.60. The maximum atomic E-state index is 11.9. The maximum absolute atomic E-state index is 11.9. The molecule has 0 spiro atoms. The second-order valence-corrected chi connectivity index (χ2v) is 5.60. The molecule has 0 radical (unpaired) electrons. The molecule has 2 aliphatic rings. The van der Waals surface area contributed by atoms with Gasteiger partial charge in [0.15, 0.2) is 11.5 Å². The van der Waals surface area contributed by atoms with Gasteiger partial charge >= 0.3 is 11.8 Å². The molecule has 1 heterocycles. The summed E-state index contributed by atoms with van der Waals surface area (Å²) in [6.07, 6.45) is 5.88. The predicted octanol–water partition coefficient (Wildman–Crippen LogP) is 0.941. The van der Waals surface area contributed by atoms with Crippen LogP contribution in [0.3, 0.4) is 0 Å². The number of allylic oxidation sites excluding steroid dienone is 1. The smallest absolute Gasteiger partial charge is 0.313 e. The average Bonchev–Trinajstić information content (AvgIpc) is 3.01. The van der Waals surface area contributed by atoms with Gasteiger partial charge in [-0.1, -0.05) is 12.2 Å². The Balaban J connectivity index is 1.54. The van der Waals surface area contributed by atoms with E-state index >= 15 is 0 Å². The van der Waals surface area contributed by atoms with Gasteiger partial charge in [0.25, 0.3) is 0 Å². The Kier molecular flexibility index (Phi) is 4.20. The first-order chi connectivity index (χ1) is 11.1. The number of hydrogen-bond acceptors (Lipinski definition) is 5. The molecule has 1 aromatic rings. The molecule has 0 saturated heterocycles. The van der Waals surface area contributed by atoms with Crippen LogP contribution >= 0.6 is 0 Å². The van der Waals surface area contributed by atoms with E-state index in [-0.39, 0.29) is 13.3 Å². The van der Waals surface area contributed by atoms with E-state index in [2.05, 4.69) is 10.6 Å². The lowest BCUT2D eigenvalue weighted by atomic mass is 9.91. The molecule has 3 rings (SSSR count). The van der Waals surface area contributed by atoms with Gasteiger partial charge in [-0.3, -0.25) is 9.59 Å². The van der Waals surface area contributed by atoms with Gasteiger partial charge in [0.05, 0.1) is 6.54 Å². The highest BCUT2D eigenvalue weighted by atomic mass is 16.7. The van der Waals surface area contributed by atoms with Crippen LogP contribution in [0.2, 0.25) is 0 Å². The lowest BCUT2D eigenvalue weighted by Gasteiger charge is -2.27. The van der Waals surface area contributed by atoms with E-state index in [4.69, 9.17) is 9.47 Å². The highest BCUT2D eigenvalue weighted by Crippen LogP contribution is 2.34. The Morgan fingerprint density at radius 2 is 2.04 bits per heavy atom. The fourth-order valence-corrected chi connectivity index (χ4v) is 2.54. The molecule has 0 fully saturated rings. The Hall–Kier alpha value is -2.54. The number of rotatable bonds is 3. The summed E-state index contributed by atoms with van der Waals surface area (Å²) in [5.41, 5.74) is -0.641. The number of benzene rings is 1. The van der Waals surface area contributed by atoms with Crippen molar-refractivity contribution in [1.82, 2.24) is 5.32 Å². The first-order valence-electron chi connectivity index (χ1n) is 7.45. The summed E-state index contributed by atoms with van der Waals surface area (Å²) in [6.45, 7) is 0.149. The number of carbonyl (C=O) groups excluding carboxylic acids is 2. The van der Waals surface area contributed by atoms with Gasteiger partial charge in [-0.05, 0) is 31.4 Å². The van der Waals surface area contributed by atoms with Gasteiger partial charge < -0.3 is 25.2 Å². The van der Waals surface area contributed by atoms with Crippen molar-refractivity contribution < 1.29 is 24.2 Å². The molecule has 0 bridgehead atoms. The summed E-state index contributed by atoms with van der Waals surface area (Å²) in [5.74, 6) is -0.481. The number of amides is 2. The Bertz CT molecular complexity index is 658. The van der Waals surface area contributed by atoms with Crippen LogP contribution in [-0.2, 0) is 9.59 Å². The zero-order valence-electron chi connectivity index (χ0n) is 12.5. The topological polar surface area (TPSA) is 96.9 Å². The van der Waals surface area contributed by atoms with Crippen LogP contribution in [0.25, 0.3) is 0 Å². The van der Waals surface area contributed by atoms with Crippen molar-refractivity contribution in [1.29, 1.82) is 0 Å². The number of aliphatic hydroxyl groups is 1. The molecule has 3 N–H and O–H groups in total. The third-order valence-corrected chi connectivity index (χ3v) is 3.80. The Labute approximate surface area is 133 Å². The zero-order chi connectivity index (χ0) is 16.3. The Morgan fingerprint density at radius 3 is 2.83 bits per heavy atom. The van der Waals surface area contributed by atoms with E-state index in [0.29, 0.717) is 23.6 Å². The summed E-state index contributed by atoms with van der Waals surface area (Å²) in [7, 11) is 0. The summed E-state index contributed by atoms with van der Waals surface area (Å²) in [4.78, 5) is 23.7. The molecule has 1 unspecified atom stereocenters. The predicted molar refractivity (Wildman–Crippen MR) is 82.1 cm³/mol. The van der Waals surface area contributed by atoms with Gasteiger partial charge in [-0.15, -0.1) is 0 Å². The van der Waals surface area contributed by atoms with Crippen LogP contribution in [0, 0.1) is 0 Å². The first-order valence-corrected chi connectivity index (χ1v) is 7.45. The number of ether oxygens (including phenoxy) is 2. The lowest BCUT2D eigenvalue weighted by molar-refractivity contribution is -0.136. The number of carbonyl (C=O) groups is 2. The van der Waals surface area contributed by atoms with E-state index in [1.165, 1.54) is 0 Å². The van der Waals surface area contributed by atoms with E-state index in [1.807, 2.05) is 6.08 Å². The van der Waals surface area contributed by atoms with Crippen LogP contribution in [0.5, 0.6) is 11.5 Å². The minimum absolute atomic E-state index is 0.0108. The van der Waals surface area contributed by atoms with E-state index < -0.39 is 17.4 Å². The third kappa shape index (κ3) is 3.62. The van der Waals surface area contributed by atoms with Gasteiger partial charge in [-0.25, -0.2) is 0 Å². The molecule has 122 valence electrons. The van der Waals surface area contributed by atoms with Crippen LogP contribution in [0.1, 0.15) is 19.3 Å². The molecular weight excluding hydrogens is 300 g/mol. The van der Waals surface area contributed by atoms with Gasteiger partial charge in [-0.2, -0.15) is 0 Å². The van der Waals surface area contributed by atoms with Gasteiger partial charge in [0.2, 0.25) is 6.79 Å². The quantitative estimate of drug-likeness (QED) is 0.569. The summed E-state index contributed by atoms with van der Waals surface area (Å²) in [6, 6.07) is 4.87. The molecule has 23 heavy (non-hydrogen) atoms. The number of hydrogen-bond donors (Lipinski definition) is 3. The molecule has 1 aromatic carbocycles. The van der Waals surface area contributed by atoms with Crippen LogP contribution in [0.15, 0.2) is 30.4 Å². The van der Waals surface area contributed by atoms with Crippen LogP contribution < -0.4 is 20.1 Å². The second kappa shape index (κ2) is 6.29. The van der Waals surface area contributed by atoms with Gasteiger partial charge in [0, 0.05) is 11.8 Å². The third-order valence-electron chi connectivity index (χ3n) is 3.80. The summed E-state index contributed by atoms with van der Waals surface area (Å²) in [5, 5.41) is 15.2. The van der Waals surface area contributed by atoms with Crippen molar-refractivity contribution >= 4 is 17.5 Å². The van der Waals surface area contributed by atoms with E-state index in [1.54, 1.807) is 24.3 Å². The molecule has 7 nitrogen and oxygen atoms in total. The normalized spacial score (nSPS) is 21.8. The minimum Gasteiger partial charge on any atom is -0.454 e. The van der Waals surface area contributed by atoms with Crippen molar-refractivity contribution in [3.8, 4) is 11.5 Å². The van der Waals surface area contributed by atoms with Crippen molar-refractivity contribution in [2.75, 3.05) is 18.7 Å². The van der Waals surface area contributed by atoms with Crippen LogP contribution in [-0.4, -0.2) is 35.9 Å². The number of anilines is 1. The number of nitrogens with one attached hydrogen (secondary N) is 2. The fraction of sp³-hybridized carbons (Fsp3) is 0.375. The SMILES string of the molecule is O=C(NCC1(O)C=CCCC1)C(=O)Nc1ccc2c(c1)OCO2. The van der Waals surface area contributed by atoms with E-state index in [9.17, 15) is 14.7 Å². The highest BCUT2D eigenvalue weighted by Gasteiger charge is 2.27. The molecule has 1 aliphatic carbocycles. The number of fused-ring (bicyclic) bond motifs is 1. The Morgan fingerprint density at radius 1 is 1.22 bits per heavy atom. The molecular formula is C16H18N2O5. The molecule has 2 amide bonds. The minimum atomic E-state index is -1.08. The van der Waals surface area contributed by atoms with Crippen LogP contribution in [0.4, 0.5) is 5.69 Å². The largest absolute Gasteiger partial charge is 0.454 e. The monoisotopic (exact) mass is 318 g/mol. The maximum Gasteiger partial charge on any atom is 0.313 e. The molecule has 0 saturated carbocycles. The van der Waals surface area contributed by atoms with E-state index in [0.717, 1.165) is 12.8 Å². The molecule has 0 aromatic heterocycles. The van der Waals surface area contributed by atoms with Crippen molar-refractivity contribution in [2.24, 2.45) is 0 Å². The summed E-state index contributed by atoms with van der Waals surface area (Å²) < 4.78 is 10.4. The average molecular weight is 318 g/mol. The van der Waals surface area contributed by atoms with Crippen molar-refractivity contribution in [3.05, 3.63) is 30.4 Å². The van der Waals surface area contributed by atoms with Gasteiger partial charge in [0.1, 0.15) is 5.60 Å². The van der Waals surface area contributed by atoms with Crippen molar-refractivity contribution in [2.45, 2.75) is 24.9 Å². The first kappa shape index (κ1) is 15.4. The molecule has 7 heteroatoms. The molecule has 1 aliphatic heterocycles. The van der Waals surface area contributed by atoms with Crippen molar-refractivity contribution in [3.63, 3.8) is 0 Å². The standard InChI is InChI=1S/C16H18N2O5/c19-14(17-9-16(21)6-2-1-3-7-16)15(20)18-11-4-5-12-13(8-11)23-10-22-12/h2,4-6,8,21H,1,3,7,9-10H2,(H,17,19)(H,18,20). The fourth-order valence-electron chi connectivity index (χ4n) is 2.54. The summed E-state index contributed by atoms with van der Waals surface area (Å²) >= 11 is 0. The zero-order valence-corrected chi connectivity index (χ0v) is 12.5. The lowest BCUT2D eigenvalue weighted by Crippen LogP contribution is -2.45. The highest BCUT2D eigenvalue weighted by molar-refractivity contribution is 6.39. The molecule has 1 atom stereocenters.